The molecule has 0 aliphatic carbocycles. The first-order chi connectivity index (χ1) is 9.40. The summed E-state index contributed by atoms with van der Waals surface area (Å²) in [5, 5.41) is 13.5. The number of aryl methyl sites for hydroxylation is 2. The Morgan fingerprint density at radius 1 is 1.25 bits per heavy atom. The molecule has 2 atom stereocenters. The van der Waals surface area contributed by atoms with Gasteiger partial charge in [0.1, 0.15) is 6.04 Å². The number of carboxylic acid groups (broad SMARTS) is 1. The van der Waals surface area contributed by atoms with Gasteiger partial charge in [-0.2, -0.15) is 5.10 Å². The molecule has 6 heteroatoms. The van der Waals surface area contributed by atoms with Gasteiger partial charge in [0.15, 0.2) is 0 Å². The average molecular weight is 280 g/mol. The molecule has 0 radical (unpaired) electrons. The number of carbonyl (C=O) groups is 1. The summed E-state index contributed by atoms with van der Waals surface area (Å²) in [4.78, 5) is 15.4. The fraction of sp³-hybridized carbons (Fsp3) is 0.714. The third-order valence-electron chi connectivity index (χ3n) is 4.30. The first-order valence-electron chi connectivity index (χ1n) is 7.11. The van der Waals surface area contributed by atoms with Crippen molar-refractivity contribution in [3.05, 3.63) is 17.5 Å². The predicted molar refractivity (Wildman–Crippen MR) is 76.6 cm³/mol. The largest absolute Gasteiger partial charge is 0.480 e. The highest BCUT2D eigenvalue weighted by Gasteiger charge is 2.28. The quantitative estimate of drug-likeness (QED) is 0.887. The lowest BCUT2D eigenvalue weighted by molar-refractivity contribution is -0.143. The molecule has 1 aromatic rings. The molecule has 2 unspecified atom stereocenters. The highest BCUT2D eigenvalue weighted by molar-refractivity contribution is 5.72. The highest BCUT2D eigenvalue weighted by atomic mass is 16.4. The molecule has 2 rings (SSSR count). The van der Waals surface area contributed by atoms with E-state index in [1.807, 2.05) is 23.6 Å². The Morgan fingerprint density at radius 3 is 2.25 bits per heavy atom. The molecule has 0 bridgehead atoms. The Kier molecular flexibility index (Phi) is 4.45. The molecular weight excluding hydrogens is 256 g/mol. The van der Waals surface area contributed by atoms with Gasteiger partial charge < -0.3 is 5.11 Å². The van der Waals surface area contributed by atoms with E-state index < -0.39 is 12.0 Å². The van der Waals surface area contributed by atoms with Gasteiger partial charge in [0.25, 0.3) is 0 Å². The molecule has 1 aliphatic heterocycles. The zero-order valence-electron chi connectivity index (χ0n) is 12.7. The number of rotatable bonds is 4. The second-order valence-electron chi connectivity index (χ2n) is 5.61. The Morgan fingerprint density at radius 2 is 1.80 bits per heavy atom. The van der Waals surface area contributed by atoms with E-state index in [-0.39, 0.29) is 0 Å². The van der Waals surface area contributed by atoms with Crippen LogP contribution >= 0.6 is 0 Å². The van der Waals surface area contributed by atoms with E-state index in [0.29, 0.717) is 6.04 Å². The minimum Gasteiger partial charge on any atom is -0.480 e. The maximum Gasteiger partial charge on any atom is 0.320 e. The Bertz CT molecular complexity index is 478. The van der Waals surface area contributed by atoms with Crippen LogP contribution < -0.4 is 0 Å². The number of hydrogen-bond donors (Lipinski definition) is 1. The summed E-state index contributed by atoms with van der Waals surface area (Å²) in [5.41, 5.74) is 2.33. The number of piperazine rings is 1. The standard InChI is InChI=1S/C14H24N4O2/c1-10-13(9-16(4)15-10)11(2)17-5-7-18(8-6-17)12(3)14(19)20/h9,11-12H,5-8H2,1-4H3,(H,19,20). The van der Waals surface area contributed by atoms with Crippen molar-refractivity contribution in [1.29, 1.82) is 0 Å². The van der Waals surface area contributed by atoms with Gasteiger partial charge in [-0.25, -0.2) is 0 Å². The molecule has 0 amide bonds. The topological polar surface area (TPSA) is 61.6 Å². The SMILES string of the molecule is Cc1nn(C)cc1C(C)N1CCN(C(C)C(=O)O)CC1. The predicted octanol–water partition coefficient (Wildman–Crippen LogP) is 0.880. The molecule has 0 spiro atoms. The zero-order chi connectivity index (χ0) is 14.9. The van der Waals surface area contributed by atoms with Gasteiger partial charge in [0.05, 0.1) is 5.69 Å². The second-order valence-corrected chi connectivity index (χ2v) is 5.61. The maximum atomic E-state index is 11.0. The Hall–Kier alpha value is -1.40. The molecule has 1 N–H and O–H groups in total. The van der Waals surface area contributed by atoms with Gasteiger partial charge >= 0.3 is 5.97 Å². The first-order valence-corrected chi connectivity index (χ1v) is 7.11. The fourth-order valence-electron chi connectivity index (χ4n) is 2.89. The summed E-state index contributed by atoms with van der Waals surface area (Å²) in [6, 6.07) is -0.0708. The second kappa shape index (κ2) is 5.93. The van der Waals surface area contributed by atoms with Crippen LogP contribution in [0.15, 0.2) is 6.20 Å². The summed E-state index contributed by atoms with van der Waals surface area (Å²) in [5.74, 6) is -0.741. The van der Waals surface area contributed by atoms with Crippen LogP contribution in [-0.4, -0.2) is 62.9 Å². The van der Waals surface area contributed by atoms with Gasteiger partial charge in [-0.15, -0.1) is 0 Å². The third-order valence-corrected chi connectivity index (χ3v) is 4.30. The summed E-state index contributed by atoms with van der Waals surface area (Å²) < 4.78 is 1.85. The van der Waals surface area contributed by atoms with E-state index in [2.05, 4.69) is 23.1 Å². The molecule has 1 saturated heterocycles. The number of aromatic nitrogens is 2. The number of carboxylic acids is 1. The molecule has 2 heterocycles. The van der Waals surface area contributed by atoms with Crippen LogP contribution in [0.1, 0.15) is 31.1 Å². The van der Waals surface area contributed by atoms with Crippen LogP contribution in [0.25, 0.3) is 0 Å². The monoisotopic (exact) mass is 280 g/mol. The van der Waals surface area contributed by atoms with Crippen molar-refractivity contribution in [2.24, 2.45) is 7.05 Å². The summed E-state index contributed by atoms with van der Waals surface area (Å²) in [6.07, 6.45) is 2.08. The fourth-order valence-corrected chi connectivity index (χ4v) is 2.89. The molecule has 1 aliphatic rings. The van der Waals surface area contributed by atoms with Crippen LogP contribution in [0.3, 0.4) is 0 Å². The average Bonchev–Trinajstić information content (AvgIpc) is 2.76. The van der Waals surface area contributed by atoms with Crippen molar-refractivity contribution in [3.63, 3.8) is 0 Å². The van der Waals surface area contributed by atoms with Gasteiger partial charge in [-0.1, -0.05) is 0 Å². The number of nitrogens with zero attached hydrogens (tertiary/aromatic N) is 4. The van der Waals surface area contributed by atoms with E-state index in [4.69, 9.17) is 5.11 Å². The van der Waals surface area contributed by atoms with E-state index in [1.54, 1.807) is 6.92 Å². The number of aliphatic carboxylic acids is 1. The van der Waals surface area contributed by atoms with Gasteiger partial charge in [-0.05, 0) is 20.8 Å². The van der Waals surface area contributed by atoms with Gasteiger partial charge in [-0.3, -0.25) is 19.3 Å². The van der Waals surface area contributed by atoms with Crippen LogP contribution in [-0.2, 0) is 11.8 Å². The van der Waals surface area contributed by atoms with Gasteiger partial charge in [0, 0.05) is 51.0 Å². The van der Waals surface area contributed by atoms with Crippen LogP contribution in [0.5, 0.6) is 0 Å². The molecule has 6 nitrogen and oxygen atoms in total. The summed E-state index contributed by atoms with van der Waals surface area (Å²) >= 11 is 0. The smallest absolute Gasteiger partial charge is 0.320 e. The van der Waals surface area contributed by atoms with Crippen molar-refractivity contribution < 1.29 is 9.90 Å². The highest BCUT2D eigenvalue weighted by Crippen LogP contribution is 2.24. The lowest BCUT2D eigenvalue weighted by Gasteiger charge is -2.39. The first kappa shape index (κ1) is 15.0. The summed E-state index contributed by atoms with van der Waals surface area (Å²) in [7, 11) is 1.94. The van der Waals surface area contributed by atoms with Crippen molar-refractivity contribution in [1.82, 2.24) is 19.6 Å². The van der Waals surface area contributed by atoms with E-state index >= 15 is 0 Å². The van der Waals surface area contributed by atoms with Crippen molar-refractivity contribution in [2.75, 3.05) is 26.2 Å². The number of hydrogen-bond acceptors (Lipinski definition) is 4. The molecule has 112 valence electrons. The van der Waals surface area contributed by atoms with Crippen molar-refractivity contribution >= 4 is 5.97 Å². The Labute approximate surface area is 120 Å². The summed E-state index contributed by atoms with van der Waals surface area (Å²) in [6.45, 7) is 9.38. The lowest BCUT2D eigenvalue weighted by Crippen LogP contribution is -2.52. The zero-order valence-corrected chi connectivity index (χ0v) is 12.7. The minimum absolute atomic E-state index is 0.325. The van der Waals surface area contributed by atoms with Crippen LogP contribution in [0.4, 0.5) is 0 Å². The van der Waals surface area contributed by atoms with E-state index in [0.717, 1.165) is 31.9 Å². The Balaban J connectivity index is 1.97. The molecule has 0 saturated carbocycles. The van der Waals surface area contributed by atoms with Crippen molar-refractivity contribution in [2.45, 2.75) is 32.9 Å². The van der Waals surface area contributed by atoms with E-state index in [1.165, 1.54) is 5.56 Å². The van der Waals surface area contributed by atoms with Gasteiger partial charge in [0.2, 0.25) is 0 Å². The van der Waals surface area contributed by atoms with E-state index in [9.17, 15) is 4.79 Å². The molecule has 0 aromatic carbocycles. The lowest BCUT2D eigenvalue weighted by atomic mass is 10.1. The van der Waals surface area contributed by atoms with Crippen LogP contribution in [0.2, 0.25) is 0 Å². The maximum absolute atomic E-state index is 11.0. The molecule has 1 fully saturated rings. The molecule has 1 aromatic heterocycles. The third kappa shape index (κ3) is 3.02. The van der Waals surface area contributed by atoms with Crippen molar-refractivity contribution in [3.8, 4) is 0 Å². The minimum atomic E-state index is -0.741. The molecular formula is C14H24N4O2. The normalized spacial score (nSPS) is 20.8. The van der Waals surface area contributed by atoms with Crippen LogP contribution in [0, 0.1) is 6.92 Å². The molecule has 20 heavy (non-hydrogen) atoms.